The largest absolute Gasteiger partial charge is 0.307 e. The second-order valence-electron chi connectivity index (χ2n) is 10.6. The monoisotopic (exact) mass is 496 g/mol. The Balaban J connectivity index is 1.54. The summed E-state index contributed by atoms with van der Waals surface area (Å²) in [5.41, 5.74) is 11.8. The molecule has 4 nitrogen and oxygen atoms in total. The standard InChI is InChI=1S/C35H20N4/c1-3-13-29-21(7-1)23-9-5-11-27-33(23)38(29)31-19-36-17-15-25(31)35(27)26-16-18-37-20-32(26)39-30-14-4-2-8-22(30)24-10-6-12-28(35)34(24)39/h1-20H. The SMILES string of the molecule is c1ccc2c(c1)c1cccc3c1n2-c1cnccc1C31c2ccncc2-n2c3ccccc3c3cccc1c32. The van der Waals surface area contributed by atoms with Gasteiger partial charge in [-0.2, -0.15) is 0 Å². The van der Waals surface area contributed by atoms with Crippen LogP contribution in [-0.4, -0.2) is 19.1 Å². The molecule has 0 N–H and O–H groups in total. The maximum absolute atomic E-state index is 4.67. The van der Waals surface area contributed by atoms with Gasteiger partial charge in [-0.05, 0) is 46.5 Å². The van der Waals surface area contributed by atoms with Crippen LogP contribution in [-0.2, 0) is 5.41 Å². The van der Waals surface area contributed by atoms with Crippen LogP contribution < -0.4 is 0 Å². The molecular weight excluding hydrogens is 476 g/mol. The molecule has 0 radical (unpaired) electrons. The molecule has 0 aliphatic carbocycles. The van der Waals surface area contributed by atoms with Crippen molar-refractivity contribution < 1.29 is 0 Å². The van der Waals surface area contributed by atoms with Crippen molar-refractivity contribution in [1.29, 1.82) is 0 Å². The Hall–Kier alpha value is -5.22. The molecular formula is C35H20N4. The highest BCUT2D eigenvalue weighted by Crippen LogP contribution is 2.58. The zero-order valence-corrected chi connectivity index (χ0v) is 20.8. The molecule has 39 heavy (non-hydrogen) atoms. The zero-order chi connectivity index (χ0) is 25.3. The van der Waals surface area contributed by atoms with E-state index in [0.717, 1.165) is 11.4 Å². The molecule has 4 aromatic heterocycles. The van der Waals surface area contributed by atoms with Gasteiger partial charge >= 0.3 is 0 Å². The molecule has 0 amide bonds. The van der Waals surface area contributed by atoms with Crippen LogP contribution in [0.4, 0.5) is 0 Å². The Bertz CT molecular complexity index is 2190. The first-order chi connectivity index (χ1) is 19.4. The van der Waals surface area contributed by atoms with Crippen molar-refractivity contribution in [3.63, 3.8) is 0 Å². The fraction of sp³-hybridized carbons (Fsp3) is 0.0286. The number of rotatable bonds is 0. The molecule has 1 spiro atoms. The summed E-state index contributed by atoms with van der Waals surface area (Å²) in [4.78, 5) is 9.34. The van der Waals surface area contributed by atoms with Crippen molar-refractivity contribution in [3.05, 3.63) is 144 Å². The minimum absolute atomic E-state index is 0.523. The van der Waals surface area contributed by atoms with Crippen LogP contribution in [0.5, 0.6) is 0 Å². The Kier molecular flexibility index (Phi) is 3.36. The molecule has 4 aromatic carbocycles. The summed E-state index contributed by atoms with van der Waals surface area (Å²) in [5, 5.41) is 5.07. The normalized spacial score (nSPS) is 14.4. The lowest BCUT2D eigenvalue weighted by atomic mass is 9.61. The fourth-order valence-corrected chi connectivity index (χ4v) is 7.78. The molecule has 10 rings (SSSR count). The predicted octanol–water partition coefficient (Wildman–Crippen LogP) is 7.68. The van der Waals surface area contributed by atoms with E-state index in [1.165, 1.54) is 65.9 Å². The van der Waals surface area contributed by atoms with Gasteiger partial charge < -0.3 is 9.13 Å². The Morgan fingerprint density at radius 3 is 1.41 bits per heavy atom. The van der Waals surface area contributed by atoms with E-state index < -0.39 is 5.41 Å². The summed E-state index contributed by atoms with van der Waals surface area (Å²) in [6.07, 6.45) is 7.99. The van der Waals surface area contributed by atoms with Gasteiger partial charge in [0.25, 0.3) is 0 Å². The van der Waals surface area contributed by atoms with Gasteiger partial charge in [0.2, 0.25) is 0 Å². The molecule has 0 atom stereocenters. The van der Waals surface area contributed by atoms with E-state index in [-0.39, 0.29) is 0 Å². The van der Waals surface area contributed by atoms with Crippen LogP contribution in [0, 0.1) is 0 Å². The lowest BCUT2D eigenvalue weighted by molar-refractivity contribution is 0.708. The lowest BCUT2D eigenvalue weighted by Gasteiger charge is -2.44. The minimum atomic E-state index is -0.523. The molecule has 0 bridgehead atoms. The molecule has 0 saturated heterocycles. The second-order valence-corrected chi connectivity index (χ2v) is 10.6. The van der Waals surface area contributed by atoms with Crippen LogP contribution in [0.3, 0.4) is 0 Å². The molecule has 2 aliphatic heterocycles. The van der Waals surface area contributed by atoms with Crippen molar-refractivity contribution in [2.24, 2.45) is 0 Å². The van der Waals surface area contributed by atoms with Gasteiger partial charge in [-0.25, -0.2) is 0 Å². The smallest absolute Gasteiger partial charge is 0.0785 e. The van der Waals surface area contributed by atoms with E-state index in [1.807, 2.05) is 24.8 Å². The van der Waals surface area contributed by atoms with Crippen molar-refractivity contribution in [1.82, 2.24) is 19.1 Å². The number of nitrogens with zero attached hydrogens (tertiary/aromatic N) is 4. The summed E-state index contributed by atoms with van der Waals surface area (Å²) in [6.45, 7) is 0. The third kappa shape index (κ3) is 2.06. The van der Waals surface area contributed by atoms with Crippen LogP contribution in [0.1, 0.15) is 22.3 Å². The number of hydrogen-bond acceptors (Lipinski definition) is 2. The van der Waals surface area contributed by atoms with E-state index in [9.17, 15) is 0 Å². The van der Waals surface area contributed by atoms with Gasteiger partial charge in [0.15, 0.2) is 0 Å². The number of fused-ring (bicyclic) bond motifs is 14. The zero-order valence-electron chi connectivity index (χ0n) is 20.8. The summed E-state index contributed by atoms with van der Waals surface area (Å²) < 4.78 is 4.86. The third-order valence-corrected chi connectivity index (χ3v) is 9.09. The average Bonchev–Trinajstić information content (AvgIpc) is 3.52. The Labute approximate surface area is 223 Å². The first-order valence-electron chi connectivity index (χ1n) is 13.3. The van der Waals surface area contributed by atoms with E-state index in [0.29, 0.717) is 0 Å². The Morgan fingerprint density at radius 2 is 0.897 bits per heavy atom. The minimum Gasteiger partial charge on any atom is -0.307 e. The molecule has 180 valence electrons. The first-order valence-corrected chi connectivity index (χ1v) is 13.3. The van der Waals surface area contributed by atoms with Crippen molar-refractivity contribution in [3.8, 4) is 11.4 Å². The quantitative estimate of drug-likeness (QED) is 0.216. The number of benzene rings is 4. The topological polar surface area (TPSA) is 35.6 Å². The lowest BCUT2D eigenvalue weighted by Crippen LogP contribution is -2.38. The molecule has 4 heteroatoms. The van der Waals surface area contributed by atoms with Gasteiger partial charge in [-0.15, -0.1) is 0 Å². The molecule has 8 aromatic rings. The molecule has 2 aliphatic rings. The summed E-state index contributed by atoms with van der Waals surface area (Å²) in [6, 6.07) is 35.6. The van der Waals surface area contributed by atoms with Gasteiger partial charge in [0.05, 0.1) is 51.3 Å². The average molecular weight is 497 g/mol. The van der Waals surface area contributed by atoms with Crippen LogP contribution >= 0.6 is 0 Å². The summed E-state index contributed by atoms with van der Waals surface area (Å²) >= 11 is 0. The molecule has 0 unspecified atom stereocenters. The highest BCUT2D eigenvalue weighted by molar-refractivity contribution is 6.15. The second kappa shape index (κ2) is 6.61. The number of para-hydroxylation sites is 4. The van der Waals surface area contributed by atoms with Crippen LogP contribution in [0.15, 0.2) is 122 Å². The van der Waals surface area contributed by atoms with E-state index in [1.54, 1.807) is 0 Å². The van der Waals surface area contributed by atoms with Gasteiger partial charge in [0.1, 0.15) is 0 Å². The van der Waals surface area contributed by atoms with Gasteiger partial charge in [-0.3, -0.25) is 9.97 Å². The highest BCUT2D eigenvalue weighted by Gasteiger charge is 2.50. The maximum atomic E-state index is 4.67. The van der Waals surface area contributed by atoms with Crippen molar-refractivity contribution >= 4 is 43.6 Å². The van der Waals surface area contributed by atoms with E-state index in [2.05, 4.69) is 116 Å². The first kappa shape index (κ1) is 19.8. The number of pyridine rings is 2. The molecule has 0 fully saturated rings. The highest BCUT2D eigenvalue weighted by atomic mass is 15.0. The van der Waals surface area contributed by atoms with Gasteiger partial charge in [0, 0.05) is 33.9 Å². The third-order valence-electron chi connectivity index (χ3n) is 9.09. The number of aromatic nitrogens is 4. The maximum Gasteiger partial charge on any atom is 0.0785 e. The summed E-state index contributed by atoms with van der Waals surface area (Å²) in [5.74, 6) is 0. The van der Waals surface area contributed by atoms with Crippen LogP contribution in [0.2, 0.25) is 0 Å². The van der Waals surface area contributed by atoms with E-state index >= 15 is 0 Å². The molecule has 6 heterocycles. The predicted molar refractivity (Wildman–Crippen MR) is 156 cm³/mol. The van der Waals surface area contributed by atoms with E-state index in [4.69, 9.17) is 0 Å². The van der Waals surface area contributed by atoms with Crippen molar-refractivity contribution in [2.45, 2.75) is 5.41 Å². The summed E-state index contributed by atoms with van der Waals surface area (Å²) in [7, 11) is 0. The van der Waals surface area contributed by atoms with Crippen molar-refractivity contribution in [2.75, 3.05) is 0 Å². The van der Waals surface area contributed by atoms with Gasteiger partial charge in [-0.1, -0.05) is 72.8 Å². The number of hydrogen-bond donors (Lipinski definition) is 0. The van der Waals surface area contributed by atoms with Crippen LogP contribution in [0.25, 0.3) is 55.0 Å². The fourth-order valence-electron chi connectivity index (χ4n) is 7.78. The Morgan fingerprint density at radius 1 is 0.436 bits per heavy atom. The molecule has 0 saturated carbocycles.